The van der Waals surface area contributed by atoms with Crippen LogP contribution >= 0.6 is 0 Å². The number of hydrogen-bond donors (Lipinski definition) is 0. The molecule has 0 atom stereocenters. The van der Waals surface area contributed by atoms with E-state index in [2.05, 4.69) is 125 Å². The second kappa shape index (κ2) is 8.33. The summed E-state index contributed by atoms with van der Waals surface area (Å²) in [5, 5.41) is 5.03. The predicted octanol–water partition coefficient (Wildman–Crippen LogP) is 7.06. The SMILES string of the molecule is c1ccc(C[n+]2ccc(-c3ccc4cc5cc(-c6ccncc6)ccc5cc4c3)cc2)cc1. The van der Waals surface area contributed by atoms with Crippen molar-refractivity contribution >= 4 is 21.5 Å². The van der Waals surface area contributed by atoms with Gasteiger partial charge in [0.25, 0.3) is 0 Å². The third kappa shape index (κ3) is 3.99. The van der Waals surface area contributed by atoms with E-state index in [1.165, 1.54) is 49.4 Å². The molecule has 0 aliphatic heterocycles. The van der Waals surface area contributed by atoms with Crippen molar-refractivity contribution in [2.24, 2.45) is 0 Å². The highest BCUT2D eigenvalue weighted by molar-refractivity contribution is 6.01. The molecule has 6 aromatic rings. The lowest BCUT2D eigenvalue weighted by molar-refractivity contribution is -0.688. The summed E-state index contributed by atoms with van der Waals surface area (Å²) in [5.74, 6) is 0. The summed E-state index contributed by atoms with van der Waals surface area (Å²) in [6, 6.07) is 37.1. The van der Waals surface area contributed by atoms with Crippen LogP contribution in [0.2, 0.25) is 0 Å². The number of nitrogens with zero attached hydrogens (tertiary/aromatic N) is 2. The van der Waals surface area contributed by atoms with Gasteiger partial charge in [0.15, 0.2) is 18.9 Å². The molecule has 0 saturated carbocycles. The largest absolute Gasteiger partial charge is 0.265 e. The summed E-state index contributed by atoms with van der Waals surface area (Å²) in [6.45, 7) is 0.881. The van der Waals surface area contributed by atoms with Crippen LogP contribution < -0.4 is 4.57 Å². The van der Waals surface area contributed by atoms with Crippen LogP contribution in [0.4, 0.5) is 0 Å². The molecule has 0 aliphatic rings. The molecule has 4 aromatic carbocycles. The topological polar surface area (TPSA) is 16.8 Å². The first-order valence-electron chi connectivity index (χ1n) is 11.2. The van der Waals surface area contributed by atoms with E-state index in [1.807, 2.05) is 12.4 Å². The van der Waals surface area contributed by atoms with E-state index >= 15 is 0 Å². The van der Waals surface area contributed by atoms with Gasteiger partial charge in [-0.05, 0) is 80.2 Å². The molecule has 6 rings (SSSR count). The minimum absolute atomic E-state index is 0.881. The van der Waals surface area contributed by atoms with Gasteiger partial charge in [0, 0.05) is 30.1 Å². The Labute approximate surface area is 193 Å². The van der Waals surface area contributed by atoms with E-state index in [-0.39, 0.29) is 0 Å². The fourth-order valence-corrected chi connectivity index (χ4v) is 4.45. The van der Waals surface area contributed by atoms with Crippen molar-refractivity contribution in [3.05, 3.63) is 133 Å². The van der Waals surface area contributed by atoms with Crippen LogP contribution in [0.25, 0.3) is 43.8 Å². The molecule has 2 heteroatoms. The van der Waals surface area contributed by atoms with E-state index < -0.39 is 0 Å². The zero-order valence-electron chi connectivity index (χ0n) is 18.2. The first kappa shape index (κ1) is 19.4. The molecule has 2 heterocycles. The summed E-state index contributed by atoms with van der Waals surface area (Å²) in [4.78, 5) is 4.13. The number of rotatable bonds is 4. The molecule has 0 fully saturated rings. The van der Waals surface area contributed by atoms with E-state index in [0.29, 0.717) is 0 Å². The molecule has 0 N–H and O–H groups in total. The van der Waals surface area contributed by atoms with E-state index in [9.17, 15) is 0 Å². The van der Waals surface area contributed by atoms with Crippen molar-refractivity contribution in [1.82, 2.24) is 4.98 Å². The van der Waals surface area contributed by atoms with Gasteiger partial charge in [-0.25, -0.2) is 4.57 Å². The van der Waals surface area contributed by atoms with Crippen molar-refractivity contribution in [3.8, 4) is 22.3 Å². The minimum Gasteiger partial charge on any atom is -0.265 e. The van der Waals surface area contributed by atoms with Gasteiger partial charge in [-0.2, -0.15) is 0 Å². The molecule has 0 spiro atoms. The molecule has 2 nitrogen and oxygen atoms in total. The summed E-state index contributed by atoms with van der Waals surface area (Å²) in [6.07, 6.45) is 8.00. The normalized spacial score (nSPS) is 11.2. The van der Waals surface area contributed by atoms with Crippen molar-refractivity contribution in [1.29, 1.82) is 0 Å². The van der Waals surface area contributed by atoms with Crippen LogP contribution in [0.1, 0.15) is 5.56 Å². The Hall–Kier alpha value is -4.30. The lowest BCUT2D eigenvalue weighted by atomic mass is 9.97. The molecule has 0 aliphatic carbocycles. The van der Waals surface area contributed by atoms with Gasteiger partial charge >= 0.3 is 0 Å². The van der Waals surface area contributed by atoms with Crippen molar-refractivity contribution < 1.29 is 4.57 Å². The van der Waals surface area contributed by atoms with E-state index in [0.717, 1.165) is 6.54 Å². The second-order valence-corrected chi connectivity index (χ2v) is 8.46. The monoisotopic (exact) mass is 423 g/mol. The number of fused-ring (bicyclic) bond motifs is 2. The second-order valence-electron chi connectivity index (χ2n) is 8.46. The first-order chi connectivity index (χ1) is 16.3. The average molecular weight is 424 g/mol. The molecular weight excluding hydrogens is 400 g/mol. The molecule has 0 saturated heterocycles. The molecule has 0 bridgehead atoms. The maximum Gasteiger partial charge on any atom is 0.173 e. The maximum absolute atomic E-state index is 4.13. The smallest absolute Gasteiger partial charge is 0.173 e. The standard InChI is InChI=1S/C31H23N2/c1-2-4-23(5-3-1)22-33-16-12-25(13-17-33)27-7-9-29-20-30-18-26(24-10-14-32-15-11-24)6-8-28(30)21-31(29)19-27/h1-21H,22H2/q+1. The van der Waals surface area contributed by atoms with Crippen LogP contribution in [0.3, 0.4) is 0 Å². The number of hydrogen-bond acceptors (Lipinski definition) is 1. The van der Waals surface area contributed by atoms with Crippen molar-refractivity contribution in [2.45, 2.75) is 6.54 Å². The molecule has 0 unspecified atom stereocenters. The quantitative estimate of drug-likeness (QED) is 0.219. The fraction of sp³-hybridized carbons (Fsp3) is 0.0323. The molecule has 0 amide bonds. The van der Waals surface area contributed by atoms with Crippen molar-refractivity contribution in [3.63, 3.8) is 0 Å². The van der Waals surface area contributed by atoms with Crippen molar-refractivity contribution in [2.75, 3.05) is 0 Å². The average Bonchev–Trinajstić information content (AvgIpc) is 2.88. The lowest BCUT2D eigenvalue weighted by Gasteiger charge is -2.08. The number of aromatic nitrogens is 2. The molecule has 33 heavy (non-hydrogen) atoms. The van der Waals surface area contributed by atoms with Gasteiger partial charge < -0.3 is 0 Å². The van der Waals surface area contributed by atoms with E-state index in [4.69, 9.17) is 0 Å². The van der Waals surface area contributed by atoms with Crippen LogP contribution in [0, 0.1) is 0 Å². The van der Waals surface area contributed by atoms with Gasteiger partial charge in [0.2, 0.25) is 0 Å². The van der Waals surface area contributed by atoms with Gasteiger partial charge in [-0.3, -0.25) is 4.98 Å². The molecule has 2 aromatic heterocycles. The summed E-state index contributed by atoms with van der Waals surface area (Å²) in [5.41, 5.74) is 6.18. The minimum atomic E-state index is 0.881. The summed E-state index contributed by atoms with van der Waals surface area (Å²) < 4.78 is 2.22. The Balaban J connectivity index is 1.32. The number of benzene rings is 4. The highest BCUT2D eigenvalue weighted by Crippen LogP contribution is 2.30. The van der Waals surface area contributed by atoms with Crippen LogP contribution in [0.5, 0.6) is 0 Å². The van der Waals surface area contributed by atoms with Gasteiger partial charge in [0.05, 0.1) is 0 Å². The first-order valence-corrected chi connectivity index (χ1v) is 11.2. The molecule has 0 radical (unpaired) electrons. The summed E-state index contributed by atoms with van der Waals surface area (Å²) >= 11 is 0. The third-order valence-corrected chi connectivity index (χ3v) is 6.24. The Morgan fingerprint density at radius 3 is 1.67 bits per heavy atom. The predicted molar refractivity (Wildman–Crippen MR) is 136 cm³/mol. The van der Waals surface area contributed by atoms with Crippen LogP contribution in [-0.4, -0.2) is 4.98 Å². The Morgan fingerprint density at radius 2 is 1.06 bits per heavy atom. The van der Waals surface area contributed by atoms with Gasteiger partial charge in [0.1, 0.15) is 0 Å². The Kier molecular flexibility index (Phi) is 4.89. The van der Waals surface area contributed by atoms with Crippen LogP contribution in [-0.2, 0) is 6.54 Å². The van der Waals surface area contributed by atoms with E-state index in [1.54, 1.807) is 0 Å². The Bertz CT molecular complexity index is 1550. The number of pyridine rings is 2. The molecular formula is C31H23N2+. The zero-order chi connectivity index (χ0) is 22.0. The Morgan fingerprint density at radius 1 is 0.485 bits per heavy atom. The highest BCUT2D eigenvalue weighted by atomic mass is 14.9. The van der Waals surface area contributed by atoms with Gasteiger partial charge in [-0.15, -0.1) is 0 Å². The van der Waals surface area contributed by atoms with Gasteiger partial charge in [-0.1, -0.05) is 54.6 Å². The maximum atomic E-state index is 4.13. The third-order valence-electron chi connectivity index (χ3n) is 6.24. The zero-order valence-corrected chi connectivity index (χ0v) is 18.2. The summed E-state index contributed by atoms with van der Waals surface area (Å²) in [7, 11) is 0. The highest BCUT2D eigenvalue weighted by Gasteiger charge is 2.07. The molecule has 156 valence electrons. The lowest BCUT2D eigenvalue weighted by Crippen LogP contribution is -2.32. The van der Waals surface area contributed by atoms with Crippen LogP contribution in [0.15, 0.2) is 128 Å². The fourth-order valence-electron chi connectivity index (χ4n) is 4.45.